The monoisotopic (exact) mass is 298 g/mol. The van der Waals surface area contributed by atoms with E-state index in [9.17, 15) is 4.79 Å². The second-order valence-corrected chi connectivity index (χ2v) is 5.52. The molecule has 3 nitrogen and oxygen atoms in total. The Labute approximate surface area is 131 Å². The Morgan fingerprint density at radius 2 is 1.33 bits per heavy atom. The van der Waals surface area contributed by atoms with Gasteiger partial charge in [0, 0.05) is 12.7 Å². The summed E-state index contributed by atoms with van der Waals surface area (Å²) in [5.41, 5.74) is 0. The summed E-state index contributed by atoms with van der Waals surface area (Å²) in [7, 11) is 0. The van der Waals surface area contributed by atoms with Gasteiger partial charge in [0.1, 0.15) is 6.61 Å². The molecule has 0 aliphatic heterocycles. The summed E-state index contributed by atoms with van der Waals surface area (Å²) in [6.45, 7) is 7.17. The molecule has 3 heteroatoms. The van der Waals surface area contributed by atoms with Crippen LogP contribution >= 0.6 is 0 Å². The summed E-state index contributed by atoms with van der Waals surface area (Å²) in [5.74, 6) is -0.381. The lowest BCUT2D eigenvalue weighted by Crippen LogP contribution is -2.08. The minimum absolute atomic E-state index is 0.322. The first kappa shape index (κ1) is 20.2. The molecular weight excluding hydrogens is 264 g/mol. The van der Waals surface area contributed by atoms with Crippen LogP contribution in [-0.4, -0.2) is 25.8 Å². The maximum absolute atomic E-state index is 10.7. The van der Waals surface area contributed by atoms with Crippen LogP contribution in [0.4, 0.5) is 0 Å². The first-order valence-electron chi connectivity index (χ1n) is 8.68. The van der Waals surface area contributed by atoms with Crippen molar-refractivity contribution in [1.29, 1.82) is 0 Å². The summed E-state index contributed by atoms with van der Waals surface area (Å²) >= 11 is 0. The molecule has 0 saturated carbocycles. The summed E-state index contributed by atoms with van der Waals surface area (Å²) < 4.78 is 10.2. The van der Waals surface area contributed by atoms with Crippen molar-refractivity contribution in [3.8, 4) is 0 Å². The zero-order valence-electron chi connectivity index (χ0n) is 13.9. The second-order valence-electron chi connectivity index (χ2n) is 5.52. The predicted molar refractivity (Wildman–Crippen MR) is 88.4 cm³/mol. The fraction of sp³-hybridized carbons (Fsp3) is 0.833. The van der Waals surface area contributed by atoms with Crippen molar-refractivity contribution < 1.29 is 14.3 Å². The van der Waals surface area contributed by atoms with E-state index in [1.165, 1.54) is 70.3 Å². The van der Waals surface area contributed by atoms with E-state index in [2.05, 4.69) is 13.5 Å². The van der Waals surface area contributed by atoms with E-state index in [1.807, 2.05) is 0 Å². The van der Waals surface area contributed by atoms with Crippen molar-refractivity contribution in [1.82, 2.24) is 0 Å². The number of hydrogen-bond acceptors (Lipinski definition) is 3. The van der Waals surface area contributed by atoms with Gasteiger partial charge >= 0.3 is 5.97 Å². The molecule has 0 saturated heterocycles. The van der Waals surface area contributed by atoms with Gasteiger partial charge in [0.25, 0.3) is 0 Å². The Hall–Kier alpha value is -0.830. The molecule has 0 spiro atoms. The lowest BCUT2D eigenvalue weighted by Gasteiger charge is -2.05. The molecule has 0 aliphatic rings. The van der Waals surface area contributed by atoms with Crippen molar-refractivity contribution in [2.75, 3.05) is 19.8 Å². The van der Waals surface area contributed by atoms with Crippen LogP contribution in [-0.2, 0) is 14.3 Å². The van der Waals surface area contributed by atoms with Crippen LogP contribution in [0.15, 0.2) is 12.7 Å². The van der Waals surface area contributed by atoms with Gasteiger partial charge in [0.05, 0.1) is 6.61 Å². The van der Waals surface area contributed by atoms with E-state index in [1.54, 1.807) is 0 Å². The van der Waals surface area contributed by atoms with Crippen LogP contribution in [0.5, 0.6) is 0 Å². The van der Waals surface area contributed by atoms with Crippen LogP contribution in [0, 0.1) is 0 Å². The molecule has 0 bridgehead atoms. The highest BCUT2D eigenvalue weighted by Gasteiger charge is 1.96. The number of rotatable bonds is 16. The van der Waals surface area contributed by atoms with Gasteiger partial charge < -0.3 is 9.47 Å². The molecule has 0 heterocycles. The minimum Gasteiger partial charge on any atom is -0.460 e. The minimum atomic E-state index is -0.381. The van der Waals surface area contributed by atoms with E-state index in [0.29, 0.717) is 13.2 Å². The second kappa shape index (κ2) is 17.2. The first-order valence-corrected chi connectivity index (χ1v) is 8.68. The highest BCUT2D eigenvalue weighted by atomic mass is 16.6. The average molecular weight is 298 g/mol. The SMILES string of the molecule is C=CC(=O)OCCOCCCCCCCCCCCCC. The average Bonchev–Trinajstić information content (AvgIpc) is 2.50. The number of carbonyl (C=O) groups excluding carboxylic acids is 1. The molecule has 0 atom stereocenters. The summed E-state index contributed by atoms with van der Waals surface area (Å²) in [6, 6.07) is 0. The van der Waals surface area contributed by atoms with E-state index >= 15 is 0 Å². The Morgan fingerprint density at radius 1 is 0.810 bits per heavy atom. The van der Waals surface area contributed by atoms with Crippen molar-refractivity contribution >= 4 is 5.97 Å². The van der Waals surface area contributed by atoms with Crippen molar-refractivity contribution in [3.63, 3.8) is 0 Å². The van der Waals surface area contributed by atoms with Crippen LogP contribution in [0.1, 0.15) is 77.6 Å². The topological polar surface area (TPSA) is 35.5 Å². The first-order chi connectivity index (χ1) is 10.3. The van der Waals surface area contributed by atoms with Gasteiger partial charge in [-0.25, -0.2) is 4.79 Å². The van der Waals surface area contributed by atoms with Gasteiger partial charge in [0.15, 0.2) is 0 Å². The standard InChI is InChI=1S/C18H34O3/c1-3-5-6-7-8-9-10-11-12-13-14-15-20-16-17-21-18(19)4-2/h4H,2-3,5-17H2,1H3. The van der Waals surface area contributed by atoms with Crippen molar-refractivity contribution in [3.05, 3.63) is 12.7 Å². The molecule has 0 aromatic heterocycles. The smallest absolute Gasteiger partial charge is 0.330 e. The van der Waals surface area contributed by atoms with Crippen LogP contribution in [0.3, 0.4) is 0 Å². The molecular formula is C18H34O3. The third-order valence-electron chi connectivity index (χ3n) is 3.53. The largest absolute Gasteiger partial charge is 0.460 e. The number of esters is 1. The molecule has 0 unspecified atom stereocenters. The fourth-order valence-electron chi connectivity index (χ4n) is 2.23. The molecule has 0 rings (SSSR count). The van der Waals surface area contributed by atoms with Crippen molar-refractivity contribution in [2.45, 2.75) is 77.6 Å². The molecule has 21 heavy (non-hydrogen) atoms. The highest BCUT2D eigenvalue weighted by molar-refractivity contribution is 5.81. The summed E-state index contributed by atoms with van der Waals surface area (Å²) in [4.78, 5) is 10.7. The van der Waals surface area contributed by atoms with E-state index in [4.69, 9.17) is 9.47 Å². The van der Waals surface area contributed by atoms with E-state index < -0.39 is 0 Å². The van der Waals surface area contributed by atoms with Gasteiger partial charge in [-0.05, 0) is 6.42 Å². The molecule has 0 aliphatic carbocycles. The Balaban J connectivity index is 2.99. The normalized spacial score (nSPS) is 10.5. The lowest BCUT2D eigenvalue weighted by molar-refractivity contribution is -0.139. The summed E-state index contributed by atoms with van der Waals surface area (Å²) in [6.07, 6.45) is 15.9. The molecule has 0 N–H and O–H groups in total. The molecule has 0 radical (unpaired) electrons. The van der Waals surface area contributed by atoms with Gasteiger partial charge in [-0.1, -0.05) is 77.7 Å². The van der Waals surface area contributed by atoms with Gasteiger partial charge in [-0.3, -0.25) is 0 Å². The van der Waals surface area contributed by atoms with Gasteiger partial charge in [-0.2, -0.15) is 0 Å². The maximum Gasteiger partial charge on any atom is 0.330 e. The zero-order chi connectivity index (χ0) is 15.6. The van der Waals surface area contributed by atoms with E-state index in [0.717, 1.165) is 13.0 Å². The maximum atomic E-state index is 10.7. The number of carbonyl (C=O) groups is 1. The Bertz CT molecular complexity index is 239. The van der Waals surface area contributed by atoms with Crippen LogP contribution in [0.2, 0.25) is 0 Å². The fourth-order valence-corrected chi connectivity index (χ4v) is 2.23. The van der Waals surface area contributed by atoms with Crippen LogP contribution < -0.4 is 0 Å². The quantitative estimate of drug-likeness (QED) is 0.227. The molecule has 0 aromatic rings. The van der Waals surface area contributed by atoms with Gasteiger partial charge in [0.2, 0.25) is 0 Å². The van der Waals surface area contributed by atoms with Gasteiger partial charge in [-0.15, -0.1) is 0 Å². The Morgan fingerprint density at radius 3 is 1.86 bits per heavy atom. The van der Waals surface area contributed by atoms with Crippen molar-refractivity contribution in [2.24, 2.45) is 0 Å². The molecule has 0 amide bonds. The molecule has 0 fully saturated rings. The summed E-state index contributed by atoms with van der Waals surface area (Å²) in [5, 5.41) is 0. The number of ether oxygens (including phenoxy) is 2. The van der Waals surface area contributed by atoms with Crippen LogP contribution in [0.25, 0.3) is 0 Å². The zero-order valence-corrected chi connectivity index (χ0v) is 13.9. The third-order valence-corrected chi connectivity index (χ3v) is 3.53. The third kappa shape index (κ3) is 17.1. The molecule has 0 aromatic carbocycles. The number of unbranched alkanes of at least 4 members (excludes halogenated alkanes) is 10. The number of hydrogen-bond donors (Lipinski definition) is 0. The van der Waals surface area contributed by atoms with E-state index in [-0.39, 0.29) is 5.97 Å². The predicted octanol–water partition coefficient (Wildman–Crippen LogP) is 5.04. The molecule has 124 valence electrons. The highest BCUT2D eigenvalue weighted by Crippen LogP contribution is 2.11. The lowest BCUT2D eigenvalue weighted by atomic mass is 10.1. The Kier molecular flexibility index (Phi) is 16.5.